The van der Waals surface area contributed by atoms with Crippen molar-refractivity contribution in [2.45, 2.75) is 206 Å². The van der Waals surface area contributed by atoms with Gasteiger partial charge in [0.2, 0.25) is 11.8 Å². The summed E-state index contributed by atoms with van der Waals surface area (Å²) in [5.41, 5.74) is 0. The molecule has 1 saturated carbocycles. The van der Waals surface area contributed by atoms with Gasteiger partial charge < -0.3 is 15.1 Å². The zero-order chi connectivity index (χ0) is 36.6. The number of hydrogen-bond donors (Lipinski definition) is 1. The SMILES string of the molecule is CCCC/C=C\CCCCCCCCCC(C(=O)NC1CCCCCC1)N(CCN1CCN(C)CC1)C(=O)CCCCCCC/C=C\CCCC. The summed E-state index contributed by atoms with van der Waals surface area (Å²) in [7, 11) is 2.19. The molecule has 1 aliphatic heterocycles. The molecule has 0 aromatic rings. The first-order chi connectivity index (χ1) is 25.0. The van der Waals surface area contributed by atoms with Crippen LogP contribution in [0.25, 0.3) is 0 Å². The second-order valence-electron chi connectivity index (χ2n) is 16.0. The lowest BCUT2D eigenvalue weighted by atomic mass is 10.0. The van der Waals surface area contributed by atoms with E-state index >= 15 is 0 Å². The van der Waals surface area contributed by atoms with Gasteiger partial charge in [-0.15, -0.1) is 0 Å². The van der Waals surface area contributed by atoms with Crippen LogP contribution in [0, 0.1) is 0 Å². The van der Waals surface area contributed by atoms with E-state index < -0.39 is 0 Å². The van der Waals surface area contributed by atoms with Crippen LogP contribution in [-0.2, 0) is 9.59 Å². The fourth-order valence-electron chi connectivity index (χ4n) is 7.74. The van der Waals surface area contributed by atoms with Crippen LogP contribution >= 0.6 is 0 Å². The van der Waals surface area contributed by atoms with Crippen LogP contribution in [0.5, 0.6) is 0 Å². The van der Waals surface area contributed by atoms with Crippen LogP contribution in [0.15, 0.2) is 24.3 Å². The lowest BCUT2D eigenvalue weighted by Crippen LogP contribution is -2.54. The fourth-order valence-corrected chi connectivity index (χ4v) is 7.74. The normalized spacial score (nSPS) is 17.3. The molecule has 0 radical (unpaired) electrons. The lowest BCUT2D eigenvalue weighted by Gasteiger charge is -2.36. The number of piperazine rings is 1. The van der Waals surface area contributed by atoms with Gasteiger partial charge in [0.1, 0.15) is 6.04 Å². The third-order valence-corrected chi connectivity index (χ3v) is 11.3. The van der Waals surface area contributed by atoms with Crippen LogP contribution in [-0.4, -0.2) is 84.9 Å². The van der Waals surface area contributed by atoms with Gasteiger partial charge in [0.25, 0.3) is 0 Å². The van der Waals surface area contributed by atoms with E-state index in [0.717, 1.165) is 77.7 Å². The van der Waals surface area contributed by atoms with Crippen LogP contribution in [0.2, 0.25) is 0 Å². The van der Waals surface area contributed by atoms with Crippen LogP contribution in [0.4, 0.5) is 0 Å². The third-order valence-electron chi connectivity index (χ3n) is 11.3. The highest BCUT2D eigenvalue weighted by atomic mass is 16.2. The summed E-state index contributed by atoms with van der Waals surface area (Å²) in [6.45, 7) is 10.3. The quantitative estimate of drug-likeness (QED) is 0.0458. The number of amides is 2. The predicted molar refractivity (Wildman–Crippen MR) is 220 cm³/mol. The number of unbranched alkanes of at least 4 members (excludes halogenated alkanes) is 16. The molecule has 6 heteroatoms. The summed E-state index contributed by atoms with van der Waals surface area (Å²) in [4.78, 5) is 35.1. The van der Waals surface area contributed by atoms with Crippen molar-refractivity contribution in [2.75, 3.05) is 46.3 Å². The van der Waals surface area contributed by atoms with Crippen molar-refractivity contribution in [1.82, 2.24) is 20.0 Å². The minimum atomic E-state index is -0.341. The molecule has 0 aromatic carbocycles. The molecule has 0 aromatic heterocycles. The highest BCUT2D eigenvalue weighted by Gasteiger charge is 2.31. The Morgan fingerprint density at radius 3 is 1.69 bits per heavy atom. The third kappa shape index (κ3) is 23.6. The van der Waals surface area contributed by atoms with Gasteiger partial charge in [0.15, 0.2) is 0 Å². The maximum absolute atomic E-state index is 14.1. The summed E-state index contributed by atoms with van der Waals surface area (Å²) in [6.07, 6.45) is 42.2. The van der Waals surface area contributed by atoms with Crippen LogP contribution in [0.3, 0.4) is 0 Å². The molecule has 2 amide bonds. The molecule has 2 rings (SSSR count). The van der Waals surface area contributed by atoms with Gasteiger partial charge in [0, 0.05) is 51.7 Å². The highest BCUT2D eigenvalue weighted by Crippen LogP contribution is 2.21. The largest absolute Gasteiger partial charge is 0.352 e. The number of rotatable bonds is 30. The fraction of sp³-hybridized carbons (Fsp3) is 0.867. The summed E-state index contributed by atoms with van der Waals surface area (Å²) in [5, 5.41) is 3.48. The van der Waals surface area contributed by atoms with Crippen molar-refractivity contribution in [3.05, 3.63) is 24.3 Å². The molecule has 0 spiro atoms. The van der Waals surface area contributed by atoms with Crippen molar-refractivity contribution in [3.63, 3.8) is 0 Å². The Bertz CT molecular complexity index is 889. The minimum Gasteiger partial charge on any atom is -0.352 e. The summed E-state index contributed by atoms with van der Waals surface area (Å²) < 4.78 is 0. The summed E-state index contributed by atoms with van der Waals surface area (Å²) >= 11 is 0. The molecule has 51 heavy (non-hydrogen) atoms. The second kappa shape index (κ2) is 31.8. The van der Waals surface area contributed by atoms with E-state index in [1.807, 2.05) is 4.90 Å². The Hall–Kier alpha value is -1.66. The topological polar surface area (TPSA) is 55.9 Å². The molecule has 2 aliphatic rings. The van der Waals surface area contributed by atoms with E-state index in [1.54, 1.807) is 0 Å². The molecule has 1 saturated heterocycles. The minimum absolute atomic E-state index is 0.118. The molecule has 296 valence electrons. The van der Waals surface area contributed by atoms with Crippen molar-refractivity contribution < 1.29 is 9.59 Å². The first kappa shape index (κ1) is 45.5. The van der Waals surface area contributed by atoms with Gasteiger partial charge in [-0.1, -0.05) is 147 Å². The van der Waals surface area contributed by atoms with E-state index in [0.29, 0.717) is 13.0 Å². The summed E-state index contributed by atoms with van der Waals surface area (Å²) in [5.74, 6) is 0.320. The van der Waals surface area contributed by atoms with Gasteiger partial charge in [-0.25, -0.2) is 0 Å². The Morgan fingerprint density at radius 2 is 1.14 bits per heavy atom. The lowest BCUT2D eigenvalue weighted by molar-refractivity contribution is -0.141. The zero-order valence-corrected chi connectivity index (χ0v) is 34.2. The molecule has 1 atom stereocenters. The number of carbonyl (C=O) groups is 2. The maximum Gasteiger partial charge on any atom is 0.243 e. The van der Waals surface area contributed by atoms with Crippen molar-refractivity contribution in [3.8, 4) is 0 Å². The van der Waals surface area contributed by atoms with E-state index in [9.17, 15) is 9.59 Å². The summed E-state index contributed by atoms with van der Waals surface area (Å²) in [6, 6.07) is -0.0766. The van der Waals surface area contributed by atoms with Crippen molar-refractivity contribution in [1.29, 1.82) is 0 Å². The molecular formula is C45H84N4O2. The predicted octanol–water partition coefficient (Wildman–Crippen LogP) is 11.0. The Balaban J connectivity index is 1.93. The van der Waals surface area contributed by atoms with Gasteiger partial charge in [0.05, 0.1) is 0 Å². The Kier molecular flexibility index (Phi) is 28.4. The van der Waals surface area contributed by atoms with Crippen molar-refractivity contribution >= 4 is 11.8 Å². The number of carbonyl (C=O) groups excluding carboxylic acids is 2. The molecule has 1 N–H and O–H groups in total. The molecular weight excluding hydrogens is 629 g/mol. The van der Waals surface area contributed by atoms with Crippen LogP contribution in [0.1, 0.15) is 194 Å². The standard InChI is InChI=1S/C45H84N4O2/c1-4-6-8-10-12-14-16-17-19-20-22-24-30-34-43(45(51)46-42-32-28-26-27-29-33-42)49(41-40-48-38-36-47(3)37-39-48)44(50)35-31-25-23-21-18-15-13-11-9-7-5-2/h10-13,42-43H,4-9,14-41H2,1-3H3,(H,46,51)/b12-10-,13-11-. The molecule has 1 unspecified atom stereocenters. The monoisotopic (exact) mass is 713 g/mol. The first-order valence-corrected chi connectivity index (χ1v) is 22.4. The molecule has 0 bridgehead atoms. The average molecular weight is 713 g/mol. The Labute approximate surface area is 317 Å². The van der Waals surface area contributed by atoms with E-state index in [2.05, 4.69) is 60.3 Å². The Morgan fingerprint density at radius 1 is 0.647 bits per heavy atom. The number of nitrogens with one attached hydrogen (secondary N) is 1. The van der Waals surface area contributed by atoms with Gasteiger partial charge >= 0.3 is 0 Å². The average Bonchev–Trinajstić information content (AvgIpc) is 3.41. The van der Waals surface area contributed by atoms with Gasteiger partial charge in [-0.2, -0.15) is 0 Å². The smallest absolute Gasteiger partial charge is 0.243 e. The molecule has 1 aliphatic carbocycles. The number of likely N-dealkylation sites (N-methyl/N-ethyl adjacent to an activating group) is 1. The highest BCUT2D eigenvalue weighted by molar-refractivity contribution is 5.87. The first-order valence-electron chi connectivity index (χ1n) is 22.4. The van der Waals surface area contributed by atoms with Gasteiger partial charge in [-0.05, 0) is 71.3 Å². The maximum atomic E-state index is 14.1. The number of hydrogen-bond acceptors (Lipinski definition) is 4. The molecule has 1 heterocycles. The second-order valence-corrected chi connectivity index (χ2v) is 16.0. The molecule has 6 nitrogen and oxygen atoms in total. The number of allylic oxidation sites excluding steroid dienone is 4. The van der Waals surface area contributed by atoms with Crippen LogP contribution < -0.4 is 5.32 Å². The number of nitrogens with zero attached hydrogens (tertiary/aromatic N) is 3. The molecule has 2 fully saturated rings. The zero-order valence-electron chi connectivity index (χ0n) is 34.2. The van der Waals surface area contributed by atoms with Crippen molar-refractivity contribution in [2.24, 2.45) is 0 Å². The van der Waals surface area contributed by atoms with E-state index in [4.69, 9.17) is 0 Å². The van der Waals surface area contributed by atoms with E-state index in [1.165, 1.54) is 128 Å². The van der Waals surface area contributed by atoms with E-state index in [-0.39, 0.29) is 23.9 Å². The van der Waals surface area contributed by atoms with Gasteiger partial charge in [-0.3, -0.25) is 14.5 Å².